The third-order valence-electron chi connectivity index (χ3n) is 3.68. The lowest BCUT2D eigenvalue weighted by molar-refractivity contribution is 0.517. The first-order valence-electron chi connectivity index (χ1n) is 7.11. The maximum Gasteiger partial charge on any atom is 0.127 e. The smallest absolute Gasteiger partial charge is 0.127 e. The fourth-order valence-corrected chi connectivity index (χ4v) is 2.56. The van der Waals surface area contributed by atoms with Gasteiger partial charge in [0.05, 0.1) is 17.1 Å². The molecule has 1 aliphatic rings. The van der Waals surface area contributed by atoms with E-state index in [1.54, 1.807) is 12.1 Å². The summed E-state index contributed by atoms with van der Waals surface area (Å²) in [5.74, 6) is 0.853. The Balaban J connectivity index is 2.05. The minimum Gasteiger partial charge on any atom is -0.323 e. The van der Waals surface area contributed by atoms with Crippen LogP contribution in [0.1, 0.15) is 51.0 Å². The van der Waals surface area contributed by atoms with Gasteiger partial charge in [0.25, 0.3) is 0 Å². The Kier molecular flexibility index (Phi) is 3.27. The summed E-state index contributed by atoms with van der Waals surface area (Å²) < 4.78 is 15.7. The normalized spacial score (nSPS) is 17.0. The van der Waals surface area contributed by atoms with Crippen LogP contribution in [-0.2, 0) is 0 Å². The van der Waals surface area contributed by atoms with Crippen molar-refractivity contribution in [1.82, 2.24) is 14.9 Å². The molecule has 0 spiro atoms. The zero-order chi connectivity index (χ0) is 13.4. The van der Waals surface area contributed by atoms with E-state index in [1.165, 1.54) is 18.9 Å². The average Bonchev–Trinajstić information content (AvgIpc) is 3.17. The molecule has 19 heavy (non-hydrogen) atoms. The summed E-state index contributed by atoms with van der Waals surface area (Å²) in [6.07, 6.45) is 3.45. The Bertz CT molecular complexity index is 586. The monoisotopic (exact) mass is 261 g/mol. The van der Waals surface area contributed by atoms with Crippen molar-refractivity contribution >= 4 is 11.0 Å². The Morgan fingerprint density at radius 1 is 1.47 bits per heavy atom. The van der Waals surface area contributed by atoms with Gasteiger partial charge in [0.1, 0.15) is 11.6 Å². The number of aromatic nitrogens is 2. The molecule has 1 atom stereocenters. The molecule has 0 amide bonds. The molecular formula is C15H20FN3. The van der Waals surface area contributed by atoms with Gasteiger partial charge in [-0.25, -0.2) is 9.37 Å². The van der Waals surface area contributed by atoms with Gasteiger partial charge in [0.15, 0.2) is 0 Å². The highest BCUT2D eigenvalue weighted by atomic mass is 19.1. The zero-order valence-electron chi connectivity index (χ0n) is 11.5. The standard InChI is InChI=1S/C15H20FN3/c1-3-8-17-10(2)15-18-13-7-4-11(16)9-14(13)19(15)12-5-6-12/h4,7,9-10,12,17H,3,5-6,8H2,1-2H3. The van der Waals surface area contributed by atoms with Gasteiger partial charge in [0.2, 0.25) is 0 Å². The number of benzene rings is 1. The summed E-state index contributed by atoms with van der Waals surface area (Å²) in [6, 6.07) is 5.58. The molecule has 1 saturated carbocycles. The van der Waals surface area contributed by atoms with Crippen molar-refractivity contribution in [3.05, 3.63) is 29.8 Å². The molecule has 1 aliphatic carbocycles. The van der Waals surface area contributed by atoms with Crippen LogP contribution in [0.15, 0.2) is 18.2 Å². The first-order valence-corrected chi connectivity index (χ1v) is 7.11. The van der Waals surface area contributed by atoms with Crippen molar-refractivity contribution in [2.45, 2.75) is 45.2 Å². The minimum absolute atomic E-state index is 0.185. The van der Waals surface area contributed by atoms with E-state index in [4.69, 9.17) is 4.98 Å². The maximum absolute atomic E-state index is 13.5. The number of nitrogens with one attached hydrogen (secondary N) is 1. The van der Waals surface area contributed by atoms with E-state index >= 15 is 0 Å². The van der Waals surface area contributed by atoms with Crippen molar-refractivity contribution in [2.75, 3.05) is 6.54 Å². The molecule has 4 heteroatoms. The summed E-state index contributed by atoms with van der Waals surface area (Å²) in [5, 5.41) is 3.47. The van der Waals surface area contributed by atoms with E-state index < -0.39 is 0 Å². The molecular weight excluding hydrogens is 241 g/mol. The number of hydrogen-bond donors (Lipinski definition) is 1. The van der Waals surface area contributed by atoms with Crippen LogP contribution in [0.2, 0.25) is 0 Å². The topological polar surface area (TPSA) is 29.9 Å². The van der Waals surface area contributed by atoms with Gasteiger partial charge in [0, 0.05) is 6.04 Å². The van der Waals surface area contributed by atoms with E-state index in [0.29, 0.717) is 6.04 Å². The first kappa shape index (κ1) is 12.6. The number of hydrogen-bond acceptors (Lipinski definition) is 2. The molecule has 1 N–H and O–H groups in total. The zero-order valence-corrected chi connectivity index (χ0v) is 11.5. The third-order valence-corrected chi connectivity index (χ3v) is 3.68. The van der Waals surface area contributed by atoms with Gasteiger partial charge in [-0.15, -0.1) is 0 Å². The highest BCUT2D eigenvalue weighted by Crippen LogP contribution is 2.40. The van der Waals surface area contributed by atoms with E-state index in [2.05, 4.69) is 23.7 Å². The number of imidazole rings is 1. The summed E-state index contributed by atoms with van der Waals surface area (Å²) in [5.41, 5.74) is 1.83. The number of nitrogens with zero attached hydrogens (tertiary/aromatic N) is 2. The molecule has 0 radical (unpaired) electrons. The lowest BCUT2D eigenvalue weighted by Gasteiger charge is -2.15. The van der Waals surface area contributed by atoms with Crippen LogP contribution in [0.25, 0.3) is 11.0 Å². The minimum atomic E-state index is -0.185. The van der Waals surface area contributed by atoms with Gasteiger partial charge in [-0.05, 0) is 50.9 Å². The van der Waals surface area contributed by atoms with Gasteiger partial charge < -0.3 is 9.88 Å². The lowest BCUT2D eigenvalue weighted by atomic mass is 10.3. The Labute approximate surface area is 112 Å². The SMILES string of the molecule is CCCNC(C)c1nc2ccc(F)cc2n1C1CC1. The Hall–Kier alpha value is -1.42. The van der Waals surface area contributed by atoms with E-state index in [1.807, 2.05) is 0 Å². The van der Waals surface area contributed by atoms with E-state index in [-0.39, 0.29) is 11.9 Å². The fourth-order valence-electron chi connectivity index (χ4n) is 2.56. The molecule has 2 aromatic rings. The van der Waals surface area contributed by atoms with Gasteiger partial charge in [-0.2, -0.15) is 0 Å². The molecule has 3 rings (SSSR count). The summed E-state index contributed by atoms with van der Waals surface area (Å²) >= 11 is 0. The quantitative estimate of drug-likeness (QED) is 0.891. The second kappa shape index (κ2) is 4.93. The van der Waals surface area contributed by atoms with Crippen molar-refractivity contribution in [2.24, 2.45) is 0 Å². The van der Waals surface area contributed by atoms with Crippen LogP contribution in [0.3, 0.4) is 0 Å². The van der Waals surface area contributed by atoms with Crippen molar-refractivity contribution in [3.63, 3.8) is 0 Å². The molecule has 1 aromatic carbocycles. The third kappa shape index (κ3) is 2.37. The number of rotatable bonds is 5. The largest absolute Gasteiger partial charge is 0.323 e. The highest BCUT2D eigenvalue weighted by Gasteiger charge is 2.29. The highest BCUT2D eigenvalue weighted by molar-refractivity contribution is 5.76. The van der Waals surface area contributed by atoms with Crippen LogP contribution < -0.4 is 5.32 Å². The molecule has 1 heterocycles. The molecule has 102 valence electrons. The predicted octanol–water partition coefficient (Wildman–Crippen LogP) is 3.57. The Morgan fingerprint density at radius 3 is 2.95 bits per heavy atom. The van der Waals surface area contributed by atoms with Crippen LogP contribution in [0.5, 0.6) is 0 Å². The van der Waals surface area contributed by atoms with Crippen molar-refractivity contribution in [3.8, 4) is 0 Å². The number of fused-ring (bicyclic) bond motifs is 1. The average molecular weight is 261 g/mol. The van der Waals surface area contributed by atoms with Crippen LogP contribution in [0.4, 0.5) is 4.39 Å². The fraction of sp³-hybridized carbons (Fsp3) is 0.533. The van der Waals surface area contributed by atoms with Gasteiger partial charge in [-0.3, -0.25) is 0 Å². The molecule has 3 nitrogen and oxygen atoms in total. The first-order chi connectivity index (χ1) is 9.20. The van der Waals surface area contributed by atoms with E-state index in [9.17, 15) is 4.39 Å². The number of halogens is 1. The second-order valence-corrected chi connectivity index (χ2v) is 5.38. The summed E-state index contributed by atoms with van der Waals surface area (Å²) in [4.78, 5) is 4.70. The van der Waals surface area contributed by atoms with Crippen LogP contribution >= 0.6 is 0 Å². The van der Waals surface area contributed by atoms with Crippen LogP contribution in [0, 0.1) is 5.82 Å². The summed E-state index contributed by atoms with van der Waals surface area (Å²) in [6.45, 7) is 5.26. The second-order valence-electron chi connectivity index (χ2n) is 5.38. The summed E-state index contributed by atoms with van der Waals surface area (Å²) in [7, 11) is 0. The molecule has 0 bridgehead atoms. The van der Waals surface area contributed by atoms with Crippen molar-refractivity contribution in [1.29, 1.82) is 0 Å². The van der Waals surface area contributed by atoms with E-state index in [0.717, 1.165) is 29.8 Å². The van der Waals surface area contributed by atoms with Gasteiger partial charge >= 0.3 is 0 Å². The van der Waals surface area contributed by atoms with Gasteiger partial charge in [-0.1, -0.05) is 6.92 Å². The van der Waals surface area contributed by atoms with Crippen molar-refractivity contribution < 1.29 is 4.39 Å². The molecule has 0 saturated heterocycles. The molecule has 0 aliphatic heterocycles. The maximum atomic E-state index is 13.5. The molecule has 1 fully saturated rings. The Morgan fingerprint density at radius 2 is 2.26 bits per heavy atom. The predicted molar refractivity (Wildman–Crippen MR) is 74.7 cm³/mol. The van der Waals surface area contributed by atoms with Crippen LogP contribution in [-0.4, -0.2) is 16.1 Å². The molecule has 1 unspecified atom stereocenters. The molecule has 1 aromatic heterocycles. The lowest BCUT2D eigenvalue weighted by Crippen LogP contribution is -2.22.